The first-order valence-corrected chi connectivity index (χ1v) is 6.52. The van der Waals surface area contributed by atoms with Crippen LogP contribution in [0.4, 0.5) is 11.4 Å². The number of hydrogen-bond donors (Lipinski definition) is 3. The molecule has 0 saturated heterocycles. The smallest absolute Gasteiger partial charge is 0.225 e. The van der Waals surface area contributed by atoms with E-state index in [2.05, 4.69) is 5.32 Å². The largest absolute Gasteiger partial charge is 0.495 e. The number of rotatable bonds is 7. The van der Waals surface area contributed by atoms with Crippen LogP contribution in [0.1, 0.15) is 13.3 Å². The van der Waals surface area contributed by atoms with Crippen LogP contribution in [0.15, 0.2) is 18.2 Å². The zero-order valence-electron chi connectivity index (χ0n) is 12.2. The summed E-state index contributed by atoms with van der Waals surface area (Å²) >= 11 is 0. The summed E-state index contributed by atoms with van der Waals surface area (Å²) in [4.78, 5) is 13.8. The maximum atomic E-state index is 11.9. The van der Waals surface area contributed by atoms with Gasteiger partial charge in [0.05, 0.1) is 19.4 Å². The van der Waals surface area contributed by atoms with Crippen molar-refractivity contribution in [2.75, 3.05) is 38.4 Å². The van der Waals surface area contributed by atoms with Crippen molar-refractivity contribution in [2.45, 2.75) is 19.4 Å². The molecule has 6 nitrogen and oxygen atoms in total. The van der Waals surface area contributed by atoms with Crippen molar-refractivity contribution in [3.8, 4) is 5.75 Å². The number of methoxy groups -OCH3 is 1. The van der Waals surface area contributed by atoms with Crippen LogP contribution >= 0.6 is 0 Å². The molecule has 0 fully saturated rings. The molecule has 1 aromatic rings. The lowest BCUT2D eigenvalue weighted by molar-refractivity contribution is -0.116. The molecular weight excluding hydrogens is 258 g/mol. The van der Waals surface area contributed by atoms with E-state index in [1.807, 2.05) is 18.9 Å². The van der Waals surface area contributed by atoms with Crippen LogP contribution in [0.3, 0.4) is 0 Å². The van der Waals surface area contributed by atoms with Crippen LogP contribution in [-0.4, -0.2) is 49.3 Å². The molecule has 0 aromatic heterocycles. The lowest BCUT2D eigenvalue weighted by Crippen LogP contribution is -2.34. The number of nitrogens with zero attached hydrogens (tertiary/aromatic N) is 1. The zero-order chi connectivity index (χ0) is 15.1. The van der Waals surface area contributed by atoms with Crippen LogP contribution < -0.4 is 15.8 Å². The molecule has 0 spiro atoms. The molecule has 1 unspecified atom stereocenters. The number of hydrogen-bond acceptors (Lipinski definition) is 5. The van der Waals surface area contributed by atoms with E-state index in [1.54, 1.807) is 18.2 Å². The molecule has 1 atom stereocenters. The van der Waals surface area contributed by atoms with Gasteiger partial charge in [0, 0.05) is 24.7 Å². The molecule has 1 amide bonds. The molecule has 0 bridgehead atoms. The number of aliphatic hydroxyl groups is 1. The fraction of sp³-hybridized carbons (Fsp3) is 0.500. The van der Waals surface area contributed by atoms with Crippen molar-refractivity contribution >= 4 is 17.3 Å². The minimum absolute atomic E-state index is 0.0321. The van der Waals surface area contributed by atoms with E-state index in [0.29, 0.717) is 30.1 Å². The highest BCUT2D eigenvalue weighted by molar-refractivity contribution is 5.93. The summed E-state index contributed by atoms with van der Waals surface area (Å²) in [6.07, 6.45) is 0.332. The molecule has 0 saturated carbocycles. The Kier molecular flexibility index (Phi) is 6.27. The van der Waals surface area contributed by atoms with Gasteiger partial charge in [-0.15, -0.1) is 0 Å². The summed E-state index contributed by atoms with van der Waals surface area (Å²) in [5.74, 6) is 0.454. The Labute approximate surface area is 119 Å². The van der Waals surface area contributed by atoms with Gasteiger partial charge in [0.2, 0.25) is 5.91 Å². The average molecular weight is 281 g/mol. The standard InChI is InChI=1S/C14H23N3O3/c1-10(9-18)17(2)7-6-14(19)16-12-8-11(15)4-5-13(12)20-3/h4-5,8,10,18H,6-7,9,15H2,1-3H3,(H,16,19). The molecule has 4 N–H and O–H groups in total. The molecule has 0 aliphatic heterocycles. The van der Waals surface area contributed by atoms with Gasteiger partial charge >= 0.3 is 0 Å². The molecular formula is C14H23N3O3. The monoisotopic (exact) mass is 281 g/mol. The molecule has 0 heterocycles. The minimum atomic E-state index is -0.120. The second-order valence-electron chi connectivity index (χ2n) is 4.77. The van der Waals surface area contributed by atoms with Gasteiger partial charge in [-0.2, -0.15) is 0 Å². The quantitative estimate of drug-likeness (QED) is 0.647. The number of ether oxygens (including phenoxy) is 1. The van der Waals surface area contributed by atoms with E-state index in [9.17, 15) is 4.79 Å². The Bertz CT molecular complexity index is 451. The molecule has 1 rings (SSSR count). The number of amides is 1. The number of nitrogens with two attached hydrogens (primary N) is 1. The van der Waals surface area contributed by atoms with E-state index in [-0.39, 0.29) is 18.6 Å². The van der Waals surface area contributed by atoms with Crippen molar-refractivity contribution in [1.82, 2.24) is 4.90 Å². The Morgan fingerprint density at radius 3 is 2.85 bits per heavy atom. The Balaban J connectivity index is 2.56. The number of likely N-dealkylation sites (N-methyl/N-ethyl adjacent to an activating group) is 1. The zero-order valence-corrected chi connectivity index (χ0v) is 12.2. The summed E-state index contributed by atoms with van der Waals surface area (Å²) in [6.45, 7) is 2.54. The van der Waals surface area contributed by atoms with Crippen molar-refractivity contribution < 1.29 is 14.6 Å². The van der Waals surface area contributed by atoms with Crippen molar-refractivity contribution in [2.24, 2.45) is 0 Å². The first-order valence-electron chi connectivity index (χ1n) is 6.52. The molecule has 1 aromatic carbocycles. The Morgan fingerprint density at radius 2 is 2.25 bits per heavy atom. The van der Waals surface area contributed by atoms with Crippen LogP contribution in [0.2, 0.25) is 0 Å². The van der Waals surface area contributed by atoms with E-state index in [1.165, 1.54) is 7.11 Å². The normalized spacial score (nSPS) is 12.2. The Hall–Kier alpha value is -1.79. The van der Waals surface area contributed by atoms with Crippen LogP contribution in [0.5, 0.6) is 5.75 Å². The number of anilines is 2. The molecule has 0 aliphatic carbocycles. The lowest BCUT2D eigenvalue weighted by Gasteiger charge is -2.22. The summed E-state index contributed by atoms with van der Waals surface area (Å²) in [5.41, 5.74) is 6.82. The minimum Gasteiger partial charge on any atom is -0.495 e. The van der Waals surface area contributed by atoms with Crippen LogP contribution in [0.25, 0.3) is 0 Å². The topological polar surface area (TPSA) is 87.8 Å². The van der Waals surface area contributed by atoms with Gasteiger partial charge in [-0.25, -0.2) is 0 Å². The number of benzene rings is 1. The molecule has 0 radical (unpaired) electrons. The highest BCUT2D eigenvalue weighted by atomic mass is 16.5. The third-order valence-electron chi connectivity index (χ3n) is 3.21. The van der Waals surface area contributed by atoms with Crippen molar-refractivity contribution in [1.29, 1.82) is 0 Å². The number of nitrogen functional groups attached to an aromatic ring is 1. The first-order chi connectivity index (χ1) is 9.47. The number of aliphatic hydroxyl groups excluding tert-OH is 1. The molecule has 112 valence electrons. The van der Waals surface area contributed by atoms with Gasteiger partial charge in [-0.05, 0) is 32.2 Å². The third-order valence-corrected chi connectivity index (χ3v) is 3.21. The number of carbonyl (C=O) groups is 1. The Morgan fingerprint density at radius 1 is 1.55 bits per heavy atom. The van der Waals surface area contributed by atoms with Crippen LogP contribution in [0, 0.1) is 0 Å². The van der Waals surface area contributed by atoms with Gasteiger partial charge in [0.25, 0.3) is 0 Å². The number of carbonyl (C=O) groups excluding carboxylic acids is 1. The van der Waals surface area contributed by atoms with Gasteiger partial charge in [0.1, 0.15) is 5.75 Å². The summed E-state index contributed by atoms with van der Waals surface area (Å²) < 4.78 is 5.17. The summed E-state index contributed by atoms with van der Waals surface area (Å²) in [5, 5.41) is 11.8. The van der Waals surface area contributed by atoms with Gasteiger partial charge in [-0.3, -0.25) is 4.79 Å². The first kappa shape index (κ1) is 16.3. The maximum Gasteiger partial charge on any atom is 0.225 e. The second-order valence-corrected chi connectivity index (χ2v) is 4.77. The molecule has 0 aliphatic rings. The fourth-order valence-electron chi connectivity index (χ4n) is 1.67. The predicted octanol–water partition coefficient (Wildman–Crippen LogP) is 0.919. The van der Waals surface area contributed by atoms with Gasteiger partial charge in [-0.1, -0.05) is 0 Å². The molecule has 20 heavy (non-hydrogen) atoms. The van der Waals surface area contributed by atoms with Gasteiger partial charge in [0.15, 0.2) is 0 Å². The van der Waals surface area contributed by atoms with Crippen molar-refractivity contribution in [3.05, 3.63) is 18.2 Å². The van der Waals surface area contributed by atoms with Crippen LogP contribution in [-0.2, 0) is 4.79 Å². The maximum absolute atomic E-state index is 11.9. The predicted molar refractivity (Wildman–Crippen MR) is 79.8 cm³/mol. The van der Waals surface area contributed by atoms with E-state index in [0.717, 1.165) is 0 Å². The fourth-order valence-corrected chi connectivity index (χ4v) is 1.67. The summed E-state index contributed by atoms with van der Waals surface area (Å²) in [7, 11) is 3.41. The third kappa shape index (κ3) is 4.71. The van der Waals surface area contributed by atoms with E-state index < -0.39 is 0 Å². The highest BCUT2D eigenvalue weighted by Gasteiger charge is 2.12. The SMILES string of the molecule is COc1ccc(N)cc1NC(=O)CCN(C)C(C)CO. The molecule has 6 heteroatoms. The average Bonchev–Trinajstić information content (AvgIpc) is 2.44. The summed E-state index contributed by atoms with van der Waals surface area (Å²) in [6, 6.07) is 5.12. The number of nitrogens with one attached hydrogen (secondary N) is 1. The lowest BCUT2D eigenvalue weighted by atomic mass is 10.2. The van der Waals surface area contributed by atoms with E-state index in [4.69, 9.17) is 15.6 Å². The highest BCUT2D eigenvalue weighted by Crippen LogP contribution is 2.26. The van der Waals surface area contributed by atoms with E-state index >= 15 is 0 Å². The van der Waals surface area contributed by atoms with Crippen molar-refractivity contribution in [3.63, 3.8) is 0 Å². The second kappa shape index (κ2) is 7.72. The van der Waals surface area contributed by atoms with Gasteiger partial charge < -0.3 is 25.8 Å².